The molecule has 0 aliphatic carbocycles. The molecule has 0 aromatic heterocycles. The number of aromatic hydroxyl groups is 3. The Morgan fingerprint density at radius 2 is 1.88 bits per heavy atom. The van der Waals surface area contributed by atoms with Crippen molar-refractivity contribution >= 4 is 5.78 Å². The third-order valence-electron chi connectivity index (χ3n) is 5.03. The van der Waals surface area contributed by atoms with E-state index in [0.29, 0.717) is 23.3 Å². The average molecular weight is 356 g/mol. The highest BCUT2D eigenvalue weighted by molar-refractivity contribution is 6.07. The van der Waals surface area contributed by atoms with E-state index in [-0.39, 0.29) is 41.0 Å². The summed E-state index contributed by atoms with van der Waals surface area (Å²) in [6, 6.07) is 5.67. The SMILES string of the molecule is CC1(C)CCc2c(O)ccc(C3COc4cc(O)cc(O)c4C3=O)c2O1. The van der Waals surface area contributed by atoms with Gasteiger partial charge in [-0.2, -0.15) is 0 Å². The summed E-state index contributed by atoms with van der Waals surface area (Å²) in [6.07, 6.45) is 1.41. The number of phenols is 3. The first-order valence-corrected chi connectivity index (χ1v) is 8.53. The molecule has 3 N–H and O–H groups in total. The van der Waals surface area contributed by atoms with Crippen LogP contribution in [-0.4, -0.2) is 33.3 Å². The Morgan fingerprint density at radius 3 is 2.65 bits per heavy atom. The van der Waals surface area contributed by atoms with Gasteiger partial charge in [0.1, 0.15) is 46.5 Å². The fraction of sp³-hybridized carbons (Fsp3) is 0.350. The highest BCUT2D eigenvalue weighted by atomic mass is 16.5. The summed E-state index contributed by atoms with van der Waals surface area (Å²) in [7, 11) is 0. The number of phenolic OH excluding ortho intramolecular Hbond substituents is 3. The second-order valence-corrected chi connectivity index (χ2v) is 7.41. The molecule has 2 heterocycles. The van der Waals surface area contributed by atoms with E-state index in [4.69, 9.17) is 9.47 Å². The second kappa shape index (κ2) is 5.56. The highest BCUT2D eigenvalue weighted by Crippen LogP contribution is 2.46. The van der Waals surface area contributed by atoms with Crippen LogP contribution in [0.15, 0.2) is 24.3 Å². The molecule has 2 aliphatic heterocycles. The number of fused-ring (bicyclic) bond motifs is 2. The van der Waals surface area contributed by atoms with Crippen molar-refractivity contribution in [3.05, 3.63) is 41.0 Å². The Hall–Kier alpha value is -2.89. The van der Waals surface area contributed by atoms with Gasteiger partial charge in [0.2, 0.25) is 0 Å². The first-order valence-electron chi connectivity index (χ1n) is 8.53. The molecule has 6 nitrogen and oxygen atoms in total. The van der Waals surface area contributed by atoms with Gasteiger partial charge in [0.15, 0.2) is 5.78 Å². The van der Waals surface area contributed by atoms with E-state index in [1.165, 1.54) is 6.07 Å². The lowest BCUT2D eigenvalue weighted by molar-refractivity contribution is 0.0770. The maximum atomic E-state index is 13.0. The van der Waals surface area contributed by atoms with Crippen molar-refractivity contribution in [1.29, 1.82) is 0 Å². The lowest BCUT2D eigenvalue weighted by atomic mass is 9.84. The van der Waals surface area contributed by atoms with Crippen LogP contribution in [-0.2, 0) is 6.42 Å². The molecule has 2 aromatic carbocycles. The van der Waals surface area contributed by atoms with E-state index in [2.05, 4.69) is 0 Å². The molecule has 2 aromatic rings. The van der Waals surface area contributed by atoms with Crippen molar-refractivity contribution in [3.63, 3.8) is 0 Å². The molecule has 26 heavy (non-hydrogen) atoms. The lowest BCUT2D eigenvalue weighted by Crippen LogP contribution is -2.34. The Kier molecular flexibility index (Phi) is 3.54. The summed E-state index contributed by atoms with van der Waals surface area (Å²) in [5.41, 5.74) is 0.972. The largest absolute Gasteiger partial charge is 0.508 e. The number of rotatable bonds is 1. The monoisotopic (exact) mass is 356 g/mol. The molecule has 1 atom stereocenters. The van der Waals surface area contributed by atoms with Gasteiger partial charge < -0.3 is 24.8 Å². The van der Waals surface area contributed by atoms with Crippen LogP contribution in [0.25, 0.3) is 0 Å². The van der Waals surface area contributed by atoms with Gasteiger partial charge >= 0.3 is 0 Å². The fourth-order valence-electron chi connectivity index (χ4n) is 3.63. The number of carbonyl (C=O) groups excluding carboxylic acids is 1. The summed E-state index contributed by atoms with van der Waals surface area (Å²) < 4.78 is 11.7. The number of ketones is 1. The molecule has 0 amide bonds. The number of ether oxygens (including phenoxy) is 2. The Labute approximate surface area is 150 Å². The minimum atomic E-state index is -0.666. The van der Waals surface area contributed by atoms with Crippen LogP contribution in [0.2, 0.25) is 0 Å². The number of hydrogen-bond donors (Lipinski definition) is 3. The molecule has 0 saturated carbocycles. The van der Waals surface area contributed by atoms with Crippen LogP contribution >= 0.6 is 0 Å². The van der Waals surface area contributed by atoms with E-state index in [1.54, 1.807) is 12.1 Å². The van der Waals surface area contributed by atoms with Crippen LogP contribution in [0.3, 0.4) is 0 Å². The Balaban J connectivity index is 1.81. The number of benzene rings is 2. The molecule has 0 bridgehead atoms. The predicted octanol–water partition coefficient (Wildman–Crippen LogP) is 3.27. The number of Topliss-reactive ketones (excluding diaryl/α,β-unsaturated/α-hetero) is 1. The summed E-state index contributed by atoms with van der Waals surface area (Å²) in [5, 5.41) is 29.9. The van der Waals surface area contributed by atoms with E-state index in [9.17, 15) is 20.1 Å². The summed E-state index contributed by atoms with van der Waals surface area (Å²) >= 11 is 0. The van der Waals surface area contributed by atoms with Crippen LogP contribution in [0, 0.1) is 0 Å². The van der Waals surface area contributed by atoms with E-state index < -0.39 is 11.5 Å². The van der Waals surface area contributed by atoms with Crippen LogP contribution < -0.4 is 9.47 Å². The number of hydrogen-bond acceptors (Lipinski definition) is 6. The minimum absolute atomic E-state index is 0.0518. The highest BCUT2D eigenvalue weighted by Gasteiger charge is 2.38. The predicted molar refractivity (Wildman–Crippen MR) is 93.5 cm³/mol. The van der Waals surface area contributed by atoms with Crippen LogP contribution in [0.5, 0.6) is 28.7 Å². The number of carbonyl (C=O) groups is 1. The van der Waals surface area contributed by atoms with Gasteiger partial charge in [-0.15, -0.1) is 0 Å². The van der Waals surface area contributed by atoms with Gasteiger partial charge in [0, 0.05) is 23.3 Å². The van der Waals surface area contributed by atoms with Crippen molar-refractivity contribution < 1.29 is 29.6 Å². The molecular formula is C20H20O6. The normalized spacial score (nSPS) is 20.5. The molecular weight excluding hydrogens is 336 g/mol. The zero-order valence-corrected chi connectivity index (χ0v) is 14.6. The second-order valence-electron chi connectivity index (χ2n) is 7.41. The zero-order chi connectivity index (χ0) is 18.6. The van der Waals surface area contributed by atoms with Gasteiger partial charge in [-0.1, -0.05) is 6.07 Å². The Bertz CT molecular complexity index is 915. The first-order chi connectivity index (χ1) is 12.3. The molecule has 0 fully saturated rings. The fourth-order valence-corrected chi connectivity index (χ4v) is 3.63. The van der Waals surface area contributed by atoms with Crippen LogP contribution in [0.1, 0.15) is 47.7 Å². The maximum Gasteiger partial charge on any atom is 0.181 e. The lowest BCUT2D eigenvalue weighted by Gasteiger charge is -2.36. The standard InChI is InChI=1S/C20H20O6/c1-20(2)6-5-12-14(22)4-3-11(19(12)26-20)13-9-25-16-8-10(21)7-15(23)17(16)18(13)24/h3-4,7-8,13,21-23H,5-6,9H2,1-2H3. The zero-order valence-electron chi connectivity index (χ0n) is 14.6. The quantitative estimate of drug-likeness (QED) is 0.726. The van der Waals surface area contributed by atoms with Crippen molar-refractivity contribution in [1.82, 2.24) is 0 Å². The Morgan fingerprint density at radius 1 is 1.12 bits per heavy atom. The molecule has 6 heteroatoms. The van der Waals surface area contributed by atoms with Gasteiger partial charge in [0.05, 0.1) is 5.92 Å². The van der Waals surface area contributed by atoms with Gasteiger partial charge in [0.25, 0.3) is 0 Å². The summed E-state index contributed by atoms with van der Waals surface area (Å²) in [5.74, 6) is -0.618. The molecule has 4 rings (SSSR count). The molecule has 0 saturated heterocycles. The molecule has 136 valence electrons. The third kappa shape index (κ3) is 2.53. The van der Waals surface area contributed by atoms with Gasteiger partial charge in [-0.05, 0) is 32.8 Å². The molecule has 0 spiro atoms. The summed E-state index contributed by atoms with van der Waals surface area (Å²) in [4.78, 5) is 13.0. The van der Waals surface area contributed by atoms with E-state index in [1.807, 2.05) is 13.8 Å². The van der Waals surface area contributed by atoms with E-state index in [0.717, 1.165) is 12.5 Å². The minimum Gasteiger partial charge on any atom is -0.508 e. The molecule has 2 aliphatic rings. The van der Waals surface area contributed by atoms with Crippen LogP contribution in [0.4, 0.5) is 0 Å². The molecule has 1 unspecified atom stereocenters. The van der Waals surface area contributed by atoms with Gasteiger partial charge in [-0.25, -0.2) is 0 Å². The van der Waals surface area contributed by atoms with Crippen molar-refractivity contribution in [2.45, 2.75) is 38.2 Å². The van der Waals surface area contributed by atoms with Crippen molar-refractivity contribution in [2.24, 2.45) is 0 Å². The van der Waals surface area contributed by atoms with Crippen molar-refractivity contribution in [3.8, 4) is 28.7 Å². The van der Waals surface area contributed by atoms with Crippen molar-refractivity contribution in [2.75, 3.05) is 6.61 Å². The summed E-state index contributed by atoms with van der Waals surface area (Å²) in [6.45, 7) is 4.00. The topological polar surface area (TPSA) is 96.2 Å². The average Bonchev–Trinajstić information content (AvgIpc) is 2.54. The molecule has 0 radical (unpaired) electrons. The smallest absolute Gasteiger partial charge is 0.181 e. The first kappa shape index (κ1) is 16.6. The third-order valence-corrected chi connectivity index (χ3v) is 5.03. The van der Waals surface area contributed by atoms with Gasteiger partial charge in [-0.3, -0.25) is 4.79 Å². The van der Waals surface area contributed by atoms with E-state index >= 15 is 0 Å². The maximum absolute atomic E-state index is 13.0.